The van der Waals surface area contributed by atoms with Gasteiger partial charge in [-0.25, -0.2) is 0 Å². The van der Waals surface area contributed by atoms with Crippen LogP contribution in [0.1, 0.15) is 24.5 Å². The van der Waals surface area contributed by atoms with Gasteiger partial charge >= 0.3 is 0 Å². The lowest BCUT2D eigenvalue weighted by molar-refractivity contribution is -0.129. The summed E-state index contributed by atoms with van der Waals surface area (Å²) in [5.41, 5.74) is 8.28. The minimum atomic E-state index is -1.04. The number of anilines is 2. The minimum Gasteiger partial charge on any atom is -0.369 e. The van der Waals surface area contributed by atoms with E-state index in [2.05, 4.69) is 10.6 Å². The Bertz CT molecular complexity index is 1370. The van der Waals surface area contributed by atoms with Gasteiger partial charge in [-0.1, -0.05) is 48.5 Å². The van der Waals surface area contributed by atoms with E-state index in [1.807, 2.05) is 43.3 Å². The fourth-order valence-corrected chi connectivity index (χ4v) is 4.58. The van der Waals surface area contributed by atoms with Gasteiger partial charge in [0.25, 0.3) is 5.91 Å². The SMILES string of the molecule is CNC(C)C(=O)N[C@H]1CN(C(=O)CC(N)=O)c2ccccc2N(Cc2c(C)ccc3ccccc23)C1=O. The number of primary amides is 1. The van der Waals surface area contributed by atoms with Crippen molar-refractivity contribution in [3.8, 4) is 0 Å². The van der Waals surface area contributed by atoms with Gasteiger partial charge in [0.15, 0.2) is 0 Å². The maximum atomic E-state index is 14.1. The zero-order valence-corrected chi connectivity index (χ0v) is 21.2. The lowest BCUT2D eigenvalue weighted by Gasteiger charge is -2.27. The number of likely N-dealkylation sites (N-methyl/N-ethyl adjacent to an activating group) is 1. The highest BCUT2D eigenvalue weighted by atomic mass is 16.2. The molecule has 1 aliphatic rings. The van der Waals surface area contributed by atoms with Gasteiger partial charge in [0.1, 0.15) is 12.5 Å². The van der Waals surface area contributed by atoms with Gasteiger partial charge in [0.05, 0.1) is 30.5 Å². The minimum absolute atomic E-state index is 0.130. The van der Waals surface area contributed by atoms with Crippen LogP contribution in [0.3, 0.4) is 0 Å². The zero-order valence-electron chi connectivity index (χ0n) is 21.2. The van der Waals surface area contributed by atoms with E-state index in [-0.39, 0.29) is 24.9 Å². The molecule has 0 aliphatic carbocycles. The van der Waals surface area contributed by atoms with Crippen LogP contribution in [0.15, 0.2) is 60.7 Å². The molecule has 0 bridgehead atoms. The predicted octanol–water partition coefficient (Wildman–Crippen LogP) is 2.00. The quantitative estimate of drug-likeness (QED) is 0.427. The summed E-state index contributed by atoms with van der Waals surface area (Å²) >= 11 is 0. The van der Waals surface area contributed by atoms with E-state index < -0.39 is 30.3 Å². The Balaban J connectivity index is 1.84. The highest BCUT2D eigenvalue weighted by Crippen LogP contribution is 2.35. The third-order valence-electron chi connectivity index (χ3n) is 6.75. The maximum Gasteiger partial charge on any atom is 0.251 e. The Hall–Kier alpha value is -4.24. The van der Waals surface area contributed by atoms with Crippen LogP contribution >= 0.6 is 0 Å². The first kappa shape index (κ1) is 25.8. The number of fused-ring (bicyclic) bond motifs is 2. The molecule has 4 rings (SSSR count). The number of benzene rings is 3. The number of nitrogens with one attached hydrogen (secondary N) is 2. The molecule has 3 aromatic rings. The number of aryl methyl sites for hydroxylation is 1. The standard InChI is InChI=1S/C28H31N5O4/c1-17-12-13-19-8-4-5-9-20(19)21(17)15-33-24-11-7-6-10-23(24)32(26(35)14-25(29)34)16-22(28(33)37)31-27(36)18(2)30-3/h4-13,18,22,30H,14-16H2,1-3H3,(H2,29,34)(H,31,36)/t18?,22-/m0/s1. The summed E-state index contributed by atoms with van der Waals surface area (Å²) in [6.07, 6.45) is -0.515. The number of carbonyl (C=O) groups is 4. The second-order valence-electron chi connectivity index (χ2n) is 9.21. The molecule has 4 amide bonds. The summed E-state index contributed by atoms with van der Waals surface area (Å²) in [7, 11) is 1.65. The van der Waals surface area contributed by atoms with Crippen molar-refractivity contribution in [2.45, 2.75) is 38.9 Å². The van der Waals surface area contributed by atoms with Crippen molar-refractivity contribution in [2.75, 3.05) is 23.4 Å². The van der Waals surface area contributed by atoms with E-state index in [9.17, 15) is 19.2 Å². The van der Waals surface area contributed by atoms with Crippen LogP contribution in [-0.2, 0) is 25.7 Å². The highest BCUT2D eigenvalue weighted by molar-refractivity contribution is 6.11. The molecule has 9 nitrogen and oxygen atoms in total. The molecule has 0 saturated heterocycles. The molecule has 0 aromatic heterocycles. The van der Waals surface area contributed by atoms with Gasteiger partial charge in [-0.2, -0.15) is 0 Å². The number of hydrogen-bond acceptors (Lipinski definition) is 5. The fraction of sp³-hybridized carbons (Fsp3) is 0.286. The normalized spacial score (nSPS) is 16.2. The number of rotatable bonds is 7. The van der Waals surface area contributed by atoms with Crippen molar-refractivity contribution < 1.29 is 19.2 Å². The molecule has 2 atom stereocenters. The first-order valence-electron chi connectivity index (χ1n) is 12.1. The number of hydrogen-bond donors (Lipinski definition) is 3. The van der Waals surface area contributed by atoms with E-state index in [1.165, 1.54) is 4.90 Å². The van der Waals surface area contributed by atoms with Gasteiger partial charge in [-0.3, -0.25) is 19.2 Å². The van der Waals surface area contributed by atoms with Crippen molar-refractivity contribution in [2.24, 2.45) is 5.73 Å². The third-order valence-corrected chi connectivity index (χ3v) is 6.75. The first-order valence-corrected chi connectivity index (χ1v) is 12.1. The van der Waals surface area contributed by atoms with Gasteiger partial charge in [0.2, 0.25) is 17.7 Å². The van der Waals surface area contributed by atoms with Crippen molar-refractivity contribution in [1.82, 2.24) is 10.6 Å². The number of amides is 4. The summed E-state index contributed by atoms with van der Waals surface area (Å²) in [5, 5.41) is 7.72. The lowest BCUT2D eigenvalue weighted by Crippen LogP contribution is -2.56. The van der Waals surface area contributed by atoms with Crippen LogP contribution in [0.4, 0.5) is 11.4 Å². The van der Waals surface area contributed by atoms with E-state index >= 15 is 0 Å². The van der Waals surface area contributed by atoms with E-state index in [4.69, 9.17) is 5.73 Å². The monoisotopic (exact) mass is 501 g/mol. The average Bonchev–Trinajstić information content (AvgIpc) is 2.99. The molecule has 9 heteroatoms. The van der Waals surface area contributed by atoms with E-state index in [1.54, 1.807) is 43.1 Å². The molecular weight excluding hydrogens is 470 g/mol. The average molecular weight is 502 g/mol. The topological polar surface area (TPSA) is 125 Å². The highest BCUT2D eigenvalue weighted by Gasteiger charge is 2.37. The molecule has 3 aromatic carbocycles. The Morgan fingerprint density at radius 2 is 1.70 bits per heavy atom. The van der Waals surface area contributed by atoms with Crippen molar-refractivity contribution in [3.05, 3.63) is 71.8 Å². The van der Waals surface area contributed by atoms with E-state index in [0.717, 1.165) is 21.9 Å². The molecule has 1 aliphatic heterocycles. The molecule has 0 saturated carbocycles. The fourth-order valence-electron chi connectivity index (χ4n) is 4.58. The maximum absolute atomic E-state index is 14.1. The van der Waals surface area contributed by atoms with Crippen LogP contribution in [-0.4, -0.2) is 49.3 Å². The van der Waals surface area contributed by atoms with Crippen LogP contribution in [0.25, 0.3) is 10.8 Å². The van der Waals surface area contributed by atoms with Crippen LogP contribution in [0.5, 0.6) is 0 Å². The number of nitrogens with zero attached hydrogens (tertiary/aromatic N) is 2. The predicted molar refractivity (Wildman–Crippen MR) is 143 cm³/mol. The van der Waals surface area contributed by atoms with Gasteiger partial charge in [0, 0.05) is 0 Å². The summed E-state index contributed by atoms with van der Waals surface area (Å²) in [5.74, 6) is -2.05. The summed E-state index contributed by atoms with van der Waals surface area (Å²) in [4.78, 5) is 54.5. The smallest absolute Gasteiger partial charge is 0.251 e. The molecule has 37 heavy (non-hydrogen) atoms. The van der Waals surface area contributed by atoms with Crippen molar-refractivity contribution in [1.29, 1.82) is 0 Å². The van der Waals surface area contributed by atoms with Crippen molar-refractivity contribution in [3.63, 3.8) is 0 Å². The van der Waals surface area contributed by atoms with Crippen molar-refractivity contribution >= 4 is 45.8 Å². The number of nitrogens with two attached hydrogens (primary N) is 1. The van der Waals surface area contributed by atoms with Gasteiger partial charge in [-0.05, 0) is 54.9 Å². The third kappa shape index (κ3) is 5.31. The largest absolute Gasteiger partial charge is 0.369 e. The molecule has 0 spiro atoms. The number of carbonyl (C=O) groups excluding carboxylic acids is 4. The molecule has 4 N–H and O–H groups in total. The van der Waals surface area contributed by atoms with E-state index in [0.29, 0.717) is 11.4 Å². The summed E-state index contributed by atoms with van der Waals surface area (Å²) in [6.45, 7) is 3.77. The van der Waals surface area contributed by atoms with Gasteiger partial charge < -0.3 is 26.2 Å². The molecular formula is C28H31N5O4. The summed E-state index contributed by atoms with van der Waals surface area (Å²) < 4.78 is 0. The zero-order chi connectivity index (χ0) is 26.7. The Morgan fingerprint density at radius 1 is 1.03 bits per heavy atom. The van der Waals surface area contributed by atoms with Gasteiger partial charge in [-0.15, -0.1) is 0 Å². The van der Waals surface area contributed by atoms with Crippen LogP contribution < -0.4 is 26.2 Å². The number of para-hydroxylation sites is 2. The van der Waals surface area contributed by atoms with Crippen LogP contribution in [0, 0.1) is 6.92 Å². The lowest BCUT2D eigenvalue weighted by atomic mass is 9.99. The Kier molecular flexibility index (Phi) is 7.54. The second kappa shape index (κ2) is 10.8. The second-order valence-corrected chi connectivity index (χ2v) is 9.21. The first-order chi connectivity index (χ1) is 17.7. The molecule has 1 unspecified atom stereocenters. The Morgan fingerprint density at radius 3 is 2.41 bits per heavy atom. The molecule has 192 valence electrons. The Labute approximate surface area is 215 Å². The molecule has 1 heterocycles. The molecule has 0 radical (unpaired) electrons. The van der Waals surface area contributed by atoms with Crippen LogP contribution in [0.2, 0.25) is 0 Å². The molecule has 0 fully saturated rings. The summed E-state index contributed by atoms with van der Waals surface area (Å²) in [6, 6.07) is 17.5.